The van der Waals surface area contributed by atoms with Gasteiger partial charge < -0.3 is 16.8 Å². The van der Waals surface area contributed by atoms with Crippen molar-refractivity contribution in [2.24, 2.45) is 16.5 Å². The number of rotatable bonds is 3. The van der Waals surface area contributed by atoms with E-state index < -0.39 is 6.03 Å². The van der Waals surface area contributed by atoms with E-state index in [4.69, 9.17) is 23.1 Å². The summed E-state index contributed by atoms with van der Waals surface area (Å²) >= 11 is 5.89. The van der Waals surface area contributed by atoms with Gasteiger partial charge in [-0.3, -0.25) is 0 Å². The summed E-state index contributed by atoms with van der Waals surface area (Å²) in [5.74, 6) is -0.282. The molecule has 2 aromatic carbocycles. The first kappa shape index (κ1) is 14.9. The van der Waals surface area contributed by atoms with E-state index in [9.17, 15) is 4.79 Å². The molecule has 0 aromatic heterocycles. The van der Waals surface area contributed by atoms with Gasteiger partial charge in [-0.05, 0) is 23.3 Å². The summed E-state index contributed by atoms with van der Waals surface area (Å²) in [5, 5.41) is 3.40. The Labute approximate surface area is 127 Å². The molecule has 0 fully saturated rings. The highest BCUT2D eigenvalue weighted by molar-refractivity contribution is 6.30. The van der Waals surface area contributed by atoms with Gasteiger partial charge in [-0.2, -0.15) is 4.99 Å². The lowest BCUT2D eigenvalue weighted by Gasteiger charge is -2.18. The molecule has 0 heterocycles. The van der Waals surface area contributed by atoms with E-state index in [0.717, 1.165) is 11.1 Å². The molecule has 2 rings (SSSR count). The summed E-state index contributed by atoms with van der Waals surface area (Å²) in [5.41, 5.74) is 12.2. The van der Waals surface area contributed by atoms with Crippen LogP contribution in [0.25, 0.3) is 0 Å². The summed E-state index contributed by atoms with van der Waals surface area (Å²) in [6, 6.07) is 15.8. The van der Waals surface area contributed by atoms with Crippen LogP contribution < -0.4 is 16.8 Å². The number of benzene rings is 2. The highest BCUT2D eigenvalue weighted by Crippen LogP contribution is 2.23. The van der Waals surface area contributed by atoms with Gasteiger partial charge in [0.25, 0.3) is 0 Å². The first-order chi connectivity index (χ1) is 10.1. The van der Waals surface area contributed by atoms with E-state index in [1.54, 1.807) is 12.1 Å². The lowest BCUT2D eigenvalue weighted by Crippen LogP contribution is -2.31. The van der Waals surface area contributed by atoms with Gasteiger partial charge in [0, 0.05) is 5.02 Å². The number of hydrogen-bond donors (Lipinski definition) is 3. The zero-order valence-electron chi connectivity index (χ0n) is 11.2. The van der Waals surface area contributed by atoms with Gasteiger partial charge in [-0.25, -0.2) is 4.79 Å². The van der Waals surface area contributed by atoms with Crippen LogP contribution in [0.3, 0.4) is 0 Å². The second kappa shape index (κ2) is 6.76. The second-order valence-corrected chi connectivity index (χ2v) is 4.82. The van der Waals surface area contributed by atoms with E-state index in [-0.39, 0.29) is 12.0 Å². The fourth-order valence-corrected chi connectivity index (χ4v) is 2.06. The summed E-state index contributed by atoms with van der Waals surface area (Å²) in [6.07, 6.45) is 0. The molecule has 1 unspecified atom stereocenters. The van der Waals surface area contributed by atoms with E-state index in [0.29, 0.717) is 5.02 Å². The summed E-state index contributed by atoms with van der Waals surface area (Å²) < 4.78 is 0. The molecule has 6 heteroatoms. The molecule has 1 atom stereocenters. The van der Waals surface area contributed by atoms with Gasteiger partial charge >= 0.3 is 6.03 Å². The molecule has 5 N–H and O–H groups in total. The monoisotopic (exact) mass is 302 g/mol. The van der Waals surface area contributed by atoms with Crippen molar-refractivity contribution in [3.05, 3.63) is 70.7 Å². The fourth-order valence-electron chi connectivity index (χ4n) is 1.93. The van der Waals surface area contributed by atoms with Gasteiger partial charge in [0.05, 0.1) is 6.04 Å². The Morgan fingerprint density at radius 3 is 2.14 bits per heavy atom. The summed E-state index contributed by atoms with van der Waals surface area (Å²) in [6.45, 7) is 0. The minimum absolute atomic E-state index is 0.282. The van der Waals surface area contributed by atoms with Crippen LogP contribution in [0.5, 0.6) is 0 Å². The predicted octanol–water partition coefficient (Wildman–Crippen LogP) is 2.41. The number of carbonyl (C=O) groups excluding carboxylic acids is 1. The molecule has 0 saturated carbocycles. The third-order valence-corrected chi connectivity index (χ3v) is 3.09. The minimum atomic E-state index is -0.598. The molecular formula is C15H15ClN4O. The number of amides is 2. The molecule has 21 heavy (non-hydrogen) atoms. The molecular weight excluding hydrogens is 288 g/mol. The van der Waals surface area contributed by atoms with Crippen LogP contribution in [0.4, 0.5) is 4.79 Å². The number of carbonyl (C=O) groups is 1. The van der Waals surface area contributed by atoms with Crippen LogP contribution in [0.1, 0.15) is 17.2 Å². The lowest BCUT2D eigenvalue weighted by molar-refractivity contribution is 0.247. The van der Waals surface area contributed by atoms with Gasteiger partial charge in [0.15, 0.2) is 5.96 Å². The van der Waals surface area contributed by atoms with Crippen molar-refractivity contribution in [2.75, 3.05) is 0 Å². The number of nitrogens with one attached hydrogen (secondary N) is 1. The predicted molar refractivity (Wildman–Crippen MR) is 84.1 cm³/mol. The van der Waals surface area contributed by atoms with Crippen molar-refractivity contribution in [3.8, 4) is 0 Å². The van der Waals surface area contributed by atoms with E-state index in [1.807, 2.05) is 42.5 Å². The Hall–Kier alpha value is -2.53. The maximum atomic E-state index is 11.8. The van der Waals surface area contributed by atoms with E-state index in [1.165, 1.54) is 0 Å². The standard InChI is InChI=1S/C15H15ClN4O/c16-12-8-6-11(7-9-12)13(10-4-2-1-3-5-10)19-15(21)20-14(17)18/h1-9,13H,(H5,17,18,19,20,21). The van der Waals surface area contributed by atoms with Gasteiger partial charge in [0.1, 0.15) is 0 Å². The molecule has 5 nitrogen and oxygen atoms in total. The van der Waals surface area contributed by atoms with Crippen LogP contribution in [-0.2, 0) is 0 Å². The third kappa shape index (κ3) is 4.22. The number of halogens is 1. The molecule has 0 bridgehead atoms. The number of nitrogens with two attached hydrogens (primary N) is 2. The Bertz CT molecular complexity index is 636. The van der Waals surface area contributed by atoms with Crippen molar-refractivity contribution < 1.29 is 4.79 Å². The smallest absolute Gasteiger partial charge is 0.344 e. The Kier molecular flexibility index (Phi) is 4.79. The quantitative estimate of drug-likeness (QED) is 0.600. The van der Waals surface area contributed by atoms with Crippen molar-refractivity contribution in [1.82, 2.24) is 5.32 Å². The van der Waals surface area contributed by atoms with Crippen LogP contribution in [0.2, 0.25) is 5.02 Å². The van der Waals surface area contributed by atoms with Crippen molar-refractivity contribution in [2.45, 2.75) is 6.04 Å². The highest BCUT2D eigenvalue weighted by atomic mass is 35.5. The van der Waals surface area contributed by atoms with Gasteiger partial charge in [-0.1, -0.05) is 54.1 Å². The number of aliphatic imine (C=N–C) groups is 1. The first-order valence-electron chi connectivity index (χ1n) is 6.27. The molecule has 108 valence electrons. The zero-order chi connectivity index (χ0) is 15.2. The largest absolute Gasteiger partial charge is 0.370 e. The van der Waals surface area contributed by atoms with E-state index >= 15 is 0 Å². The molecule has 2 amide bonds. The SMILES string of the molecule is NC(N)=NC(=O)NC(c1ccccc1)c1ccc(Cl)cc1. The number of guanidine groups is 1. The van der Waals surface area contributed by atoms with Crippen LogP contribution in [0, 0.1) is 0 Å². The maximum Gasteiger partial charge on any atom is 0.344 e. The number of urea groups is 1. The normalized spacial score (nSPS) is 11.5. The number of hydrogen-bond acceptors (Lipinski definition) is 1. The molecule has 2 aromatic rings. The summed E-state index contributed by atoms with van der Waals surface area (Å²) in [4.78, 5) is 15.3. The molecule has 0 aliphatic rings. The van der Waals surface area contributed by atoms with Crippen LogP contribution >= 0.6 is 11.6 Å². The second-order valence-electron chi connectivity index (χ2n) is 4.38. The topological polar surface area (TPSA) is 93.5 Å². The maximum absolute atomic E-state index is 11.8. The first-order valence-corrected chi connectivity index (χ1v) is 6.64. The average molecular weight is 303 g/mol. The fraction of sp³-hybridized carbons (Fsp3) is 0.0667. The number of nitrogens with zero attached hydrogens (tertiary/aromatic N) is 1. The average Bonchev–Trinajstić information content (AvgIpc) is 2.46. The lowest BCUT2D eigenvalue weighted by atomic mass is 9.99. The third-order valence-electron chi connectivity index (χ3n) is 2.83. The van der Waals surface area contributed by atoms with Gasteiger partial charge in [0.2, 0.25) is 0 Å². The van der Waals surface area contributed by atoms with E-state index in [2.05, 4.69) is 10.3 Å². The Morgan fingerprint density at radius 2 is 1.57 bits per heavy atom. The molecule has 0 spiro atoms. The van der Waals surface area contributed by atoms with Crippen molar-refractivity contribution in [3.63, 3.8) is 0 Å². The molecule has 0 saturated heterocycles. The van der Waals surface area contributed by atoms with Crippen molar-refractivity contribution >= 4 is 23.6 Å². The zero-order valence-corrected chi connectivity index (χ0v) is 11.9. The highest BCUT2D eigenvalue weighted by Gasteiger charge is 2.16. The van der Waals surface area contributed by atoms with Crippen LogP contribution in [-0.4, -0.2) is 12.0 Å². The molecule has 0 aliphatic heterocycles. The molecule has 0 aliphatic carbocycles. The summed E-state index contributed by atoms with van der Waals surface area (Å²) in [7, 11) is 0. The molecule has 0 radical (unpaired) electrons. The Balaban J connectivity index is 2.33. The van der Waals surface area contributed by atoms with Crippen LogP contribution in [0.15, 0.2) is 59.6 Å². The minimum Gasteiger partial charge on any atom is -0.370 e. The Morgan fingerprint density at radius 1 is 1.00 bits per heavy atom. The van der Waals surface area contributed by atoms with Crippen molar-refractivity contribution in [1.29, 1.82) is 0 Å². The van der Waals surface area contributed by atoms with Gasteiger partial charge in [-0.15, -0.1) is 0 Å².